The van der Waals surface area contributed by atoms with Crippen molar-refractivity contribution in [3.63, 3.8) is 0 Å². The van der Waals surface area contributed by atoms with E-state index in [1.165, 1.54) is 0 Å². The number of imidazole rings is 2. The molecule has 0 saturated heterocycles. The number of hydrogen-bond acceptors (Lipinski definition) is 5. The van der Waals surface area contributed by atoms with Crippen LogP contribution in [-0.4, -0.2) is 39.5 Å². The van der Waals surface area contributed by atoms with Crippen LogP contribution in [0.5, 0.6) is 11.5 Å². The average molecular weight is 406 g/mol. The maximum absolute atomic E-state index is 12.9. The van der Waals surface area contributed by atoms with E-state index in [-0.39, 0.29) is 0 Å². The smallest absolute Gasteiger partial charge is 0.334 e. The summed E-state index contributed by atoms with van der Waals surface area (Å²) in [5, 5.41) is 2.99. The molecule has 0 aliphatic carbocycles. The number of aryl methyl sites for hydroxylation is 1. The van der Waals surface area contributed by atoms with Crippen LogP contribution in [0.25, 0.3) is 11.0 Å². The largest absolute Gasteiger partial charge is 0.497 e. The molecular weight excluding hydrogens is 384 g/mol. The lowest BCUT2D eigenvalue weighted by Gasteiger charge is -2.21. The van der Waals surface area contributed by atoms with Crippen LogP contribution in [0, 0.1) is 0 Å². The first-order chi connectivity index (χ1) is 14.6. The highest BCUT2D eigenvalue weighted by Crippen LogP contribution is 2.29. The summed E-state index contributed by atoms with van der Waals surface area (Å²) in [6, 6.07) is 12.1. The quantitative estimate of drug-likeness (QED) is 0.513. The molecule has 9 nitrogen and oxygen atoms in total. The van der Waals surface area contributed by atoms with Crippen molar-refractivity contribution in [1.29, 1.82) is 0 Å². The zero-order chi connectivity index (χ0) is 21.1. The monoisotopic (exact) mass is 406 g/mol. The molecule has 2 aromatic heterocycles. The summed E-state index contributed by atoms with van der Waals surface area (Å²) < 4.78 is 14.2. The Kier molecular flexibility index (Phi) is 5.25. The molecule has 0 spiro atoms. The van der Waals surface area contributed by atoms with Crippen LogP contribution in [0.3, 0.4) is 0 Å². The van der Waals surface area contributed by atoms with E-state index in [1.54, 1.807) is 37.5 Å². The lowest BCUT2D eigenvalue weighted by Crippen LogP contribution is -2.37. The summed E-state index contributed by atoms with van der Waals surface area (Å²) in [5.41, 5.74) is 5.16. The number of amides is 2. The number of carbonyl (C=O) groups is 1. The third kappa shape index (κ3) is 3.77. The van der Waals surface area contributed by atoms with E-state index in [1.807, 2.05) is 54.2 Å². The number of rotatable bonds is 6. The highest BCUT2D eigenvalue weighted by Gasteiger charge is 2.23. The molecular formula is C21H22N6O3. The molecule has 4 aromatic rings. The second-order valence-corrected chi connectivity index (χ2v) is 6.66. The van der Waals surface area contributed by atoms with Crippen molar-refractivity contribution in [2.24, 2.45) is 7.05 Å². The van der Waals surface area contributed by atoms with E-state index in [0.717, 1.165) is 16.6 Å². The lowest BCUT2D eigenvalue weighted by atomic mass is 10.1. The number of aromatic nitrogens is 4. The average Bonchev–Trinajstić information content (AvgIpc) is 3.38. The normalized spacial score (nSPS) is 11.8. The molecule has 1 unspecified atom stereocenters. The molecule has 2 N–H and O–H groups in total. The third-order valence-electron chi connectivity index (χ3n) is 4.77. The number of hydrogen-bond donors (Lipinski definition) is 2. The Balaban J connectivity index is 1.66. The third-order valence-corrected chi connectivity index (χ3v) is 4.77. The molecule has 0 radical (unpaired) electrons. The minimum Gasteiger partial charge on any atom is -0.497 e. The highest BCUT2D eigenvalue weighted by atomic mass is 16.5. The lowest BCUT2D eigenvalue weighted by molar-refractivity contribution is 0.247. The van der Waals surface area contributed by atoms with Crippen molar-refractivity contribution in [2.75, 3.05) is 19.6 Å². The van der Waals surface area contributed by atoms with Gasteiger partial charge in [0.25, 0.3) is 0 Å². The molecule has 0 aliphatic rings. The molecule has 0 saturated carbocycles. The van der Waals surface area contributed by atoms with Crippen LogP contribution in [0.1, 0.15) is 17.4 Å². The number of methoxy groups -OCH3 is 2. The van der Waals surface area contributed by atoms with E-state index >= 15 is 0 Å². The Bertz CT molecular complexity index is 1160. The fraction of sp³-hybridized carbons (Fsp3) is 0.190. The molecule has 0 bridgehead atoms. The number of ether oxygens (including phenoxy) is 2. The molecule has 154 valence electrons. The molecule has 1 atom stereocenters. The zero-order valence-corrected chi connectivity index (χ0v) is 16.9. The first-order valence-corrected chi connectivity index (χ1v) is 9.29. The van der Waals surface area contributed by atoms with Crippen LogP contribution in [0.4, 0.5) is 4.79 Å². The second-order valence-electron chi connectivity index (χ2n) is 6.66. The maximum atomic E-state index is 12.9. The summed E-state index contributed by atoms with van der Waals surface area (Å²) in [5.74, 6) is 1.90. The first-order valence-electron chi connectivity index (χ1n) is 9.29. The SMILES string of the molecule is COc1cc(OC)cc(C(NC(=O)Nn2cnc3ccccc32)c2nccn2C)c1. The zero-order valence-electron chi connectivity index (χ0n) is 16.9. The van der Waals surface area contributed by atoms with Crippen molar-refractivity contribution < 1.29 is 14.3 Å². The summed E-state index contributed by atoms with van der Waals surface area (Å²) in [4.78, 5) is 21.6. The summed E-state index contributed by atoms with van der Waals surface area (Å²) in [7, 11) is 5.03. The van der Waals surface area contributed by atoms with Gasteiger partial charge in [0.1, 0.15) is 29.7 Å². The Hall–Kier alpha value is -4.01. The van der Waals surface area contributed by atoms with Crippen molar-refractivity contribution in [3.05, 3.63) is 72.6 Å². The van der Waals surface area contributed by atoms with E-state index in [2.05, 4.69) is 20.7 Å². The van der Waals surface area contributed by atoms with Crippen molar-refractivity contribution in [1.82, 2.24) is 24.5 Å². The van der Waals surface area contributed by atoms with E-state index in [9.17, 15) is 4.79 Å². The van der Waals surface area contributed by atoms with Gasteiger partial charge in [-0.15, -0.1) is 0 Å². The van der Waals surface area contributed by atoms with E-state index in [4.69, 9.17) is 9.47 Å². The number of fused-ring (bicyclic) bond motifs is 1. The van der Waals surface area contributed by atoms with E-state index < -0.39 is 12.1 Å². The van der Waals surface area contributed by atoms with Crippen LogP contribution >= 0.6 is 0 Å². The number of nitrogens with zero attached hydrogens (tertiary/aromatic N) is 4. The Morgan fingerprint density at radius 1 is 1.07 bits per heavy atom. The molecule has 0 aliphatic heterocycles. The maximum Gasteiger partial charge on any atom is 0.334 e. The summed E-state index contributed by atoms with van der Waals surface area (Å²) in [6.45, 7) is 0. The Labute approximate surface area is 173 Å². The molecule has 30 heavy (non-hydrogen) atoms. The summed E-state index contributed by atoms with van der Waals surface area (Å²) in [6.07, 6.45) is 5.07. The van der Waals surface area contributed by atoms with Gasteiger partial charge >= 0.3 is 6.03 Å². The Morgan fingerprint density at radius 3 is 2.47 bits per heavy atom. The molecule has 0 fully saturated rings. The topological polar surface area (TPSA) is 95.2 Å². The molecule has 2 heterocycles. The van der Waals surface area contributed by atoms with Gasteiger partial charge in [-0.05, 0) is 29.8 Å². The van der Waals surface area contributed by atoms with Gasteiger partial charge < -0.3 is 19.4 Å². The van der Waals surface area contributed by atoms with Crippen molar-refractivity contribution in [3.8, 4) is 11.5 Å². The van der Waals surface area contributed by atoms with Gasteiger partial charge in [-0.1, -0.05) is 12.1 Å². The van der Waals surface area contributed by atoms with Gasteiger partial charge in [0.2, 0.25) is 0 Å². The minimum absolute atomic E-state index is 0.409. The van der Waals surface area contributed by atoms with Crippen molar-refractivity contribution >= 4 is 17.1 Å². The van der Waals surface area contributed by atoms with Crippen LogP contribution in [-0.2, 0) is 7.05 Å². The van der Waals surface area contributed by atoms with Gasteiger partial charge in [-0.25, -0.2) is 24.9 Å². The standard InChI is InChI=1S/C21H22N6O3/c1-26-9-8-22-20(26)19(14-10-15(29-2)12-16(11-14)30-3)24-21(28)25-27-13-23-17-6-4-5-7-18(17)27/h4-13,19H,1-3H3,(H2,24,25,28). The highest BCUT2D eigenvalue weighted by molar-refractivity contribution is 5.85. The van der Waals surface area contributed by atoms with E-state index in [0.29, 0.717) is 17.3 Å². The number of para-hydroxylation sites is 2. The number of benzene rings is 2. The van der Waals surface area contributed by atoms with Gasteiger partial charge in [0, 0.05) is 25.5 Å². The number of nitrogens with one attached hydrogen (secondary N) is 2. The molecule has 4 rings (SSSR count). The van der Waals surface area contributed by atoms with Crippen molar-refractivity contribution in [2.45, 2.75) is 6.04 Å². The van der Waals surface area contributed by atoms with Crippen LogP contribution in [0.2, 0.25) is 0 Å². The molecule has 2 aromatic carbocycles. The second kappa shape index (κ2) is 8.16. The van der Waals surface area contributed by atoms with Gasteiger partial charge in [-0.3, -0.25) is 0 Å². The molecule has 2 amide bonds. The van der Waals surface area contributed by atoms with Gasteiger partial charge in [0.05, 0.1) is 25.3 Å². The van der Waals surface area contributed by atoms with Crippen LogP contribution < -0.4 is 20.2 Å². The fourth-order valence-electron chi connectivity index (χ4n) is 3.27. The fourth-order valence-corrected chi connectivity index (χ4v) is 3.27. The van der Waals surface area contributed by atoms with Crippen LogP contribution in [0.15, 0.2) is 61.2 Å². The predicted octanol–water partition coefficient (Wildman–Crippen LogP) is 2.83. The number of carbonyl (C=O) groups excluding carboxylic acids is 1. The summed E-state index contributed by atoms with van der Waals surface area (Å²) >= 11 is 0. The Morgan fingerprint density at radius 2 is 1.80 bits per heavy atom. The van der Waals surface area contributed by atoms with Gasteiger partial charge in [0.15, 0.2) is 0 Å². The predicted molar refractivity (Wildman–Crippen MR) is 112 cm³/mol. The number of urea groups is 1. The first kappa shape index (κ1) is 19.3. The minimum atomic E-state index is -0.538. The van der Waals surface area contributed by atoms with Gasteiger partial charge in [-0.2, -0.15) is 0 Å². The molecule has 9 heteroatoms.